The van der Waals surface area contributed by atoms with E-state index in [9.17, 15) is 34.0 Å². The molecule has 19 heteroatoms. The van der Waals surface area contributed by atoms with Crippen LogP contribution in [0.2, 0.25) is 5.02 Å². The van der Waals surface area contributed by atoms with Gasteiger partial charge in [-0.15, -0.1) is 0 Å². The zero-order valence-electron chi connectivity index (χ0n) is 43.7. The number of ketones is 1. The van der Waals surface area contributed by atoms with Crippen molar-refractivity contribution >= 4 is 64.0 Å². The number of halogens is 3. The van der Waals surface area contributed by atoms with Gasteiger partial charge in [0.05, 0.1) is 41.3 Å². The number of azo groups is 1. The molecule has 3 heterocycles. The van der Waals surface area contributed by atoms with Gasteiger partial charge in [-0.05, 0) is 122 Å². The summed E-state index contributed by atoms with van der Waals surface area (Å²) < 4.78 is 44.0. The minimum atomic E-state index is -1.78. The van der Waals surface area contributed by atoms with Crippen LogP contribution in [-0.2, 0) is 31.1 Å². The van der Waals surface area contributed by atoms with Gasteiger partial charge in [-0.3, -0.25) is 34.1 Å². The molecule has 0 aromatic heterocycles. The molecule has 5 amide bonds. The van der Waals surface area contributed by atoms with E-state index >= 15 is 8.78 Å². The number of nitriles is 1. The van der Waals surface area contributed by atoms with Crippen molar-refractivity contribution in [2.24, 2.45) is 15.6 Å². The Morgan fingerprint density at radius 2 is 1.70 bits per heavy atom. The smallest absolute Gasteiger partial charge is 0.255 e. The first-order chi connectivity index (χ1) is 36.6. The number of benzene rings is 5. The van der Waals surface area contributed by atoms with E-state index in [2.05, 4.69) is 37.6 Å². The van der Waals surface area contributed by atoms with E-state index in [0.29, 0.717) is 57.8 Å². The Labute approximate surface area is 449 Å². The van der Waals surface area contributed by atoms with Crippen molar-refractivity contribution in [2.45, 2.75) is 110 Å². The molecule has 16 nitrogen and oxygen atoms in total. The third-order valence-electron chi connectivity index (χ3n) is 14.2. The Bertz CT molecular complexity index is 3260. The van der Waals surface area contributed by atoms with Crippen LogP contribution in [0.4, 0.5) is 25.8 Å². The minimum Gasteiger partial charge on any atom is -0.495 e. The SMILES string of the molecule is COc1cc(C(=O)NCCCC(=O)COc2c(C)cc(N=Nc3cccc4c3CN(C3CCC(=O)NC3=O)C4=O)cc2C)ccc1NC(=O)[C@@H]1N[C@@H](CC(C)(C)C)[C@](C#N)(c2ccc(C)cc2F)[C@H]1c1cccc(Cl)c1F. The number of fused-ring (bicyclic) bond motifs is 1. The van der Waals surface area contributed by atoms with Crippen LogP contribution >= 0.6 is 11.6 Å². The molecule has 5 atom stereocenters. The summed E-state index contributed by atoms with van der Waals surface area (Å²) >= 11 is 6.32. The molecule has 2 fully saturated rings. The highest BCUT2D eigenvalue weighted by Gasteiger charge is 2.61. The maximum absolute atomic E-state index is 16.2. The fourth-order valence-corrected chi connectivity index (χ4v) is 10.8. The zero-order valence-corrected chi connectivity index (χ0v) is 44.5. The van der Waals surface area contributed by atoms with E-state index in [-0.39, 0.29) is 89.7 Å². The molecule has 0 saturated carbocycles. The van der Waals surface area contributed by atoms with Gasteiger partial charge in [-0.1, -0.05) is 62.7 Å². The second kappa shape index (κ2) is 22.8. The topological polar surface area (TPSA) is 221 Å². The van der Waals surface area contributed by atoms with Gasteiger partial charge in [0.15, 0.2) is 5.78 Å². The van der Waals surface area contributed by atoms with Crippen molar-refractivity contribution < 1.29 is 47.0 Å². The molecule has 5 aromatic rings. The molecular formula is C58H59ClF2N8O8. The number of hydrogen-bond acceptors (Lipinski definition) is 12. The van der Waals surface area contributed by atoms with Crippen molar-refractivity contribution in [3.8, 4) is 17.6 Å². The monoisotopic (exact) mass is 1070 g/mol. The average molecular weight is 1070 g/mol. The van der Waals surface area contributed by atoms with Gasteiger partial charge >= 0.3 is 0 Å². The van der Waals surface area contributed by atoms with Crippen molar-refractivity contribution in [1.82, 2.24) is 20.9 Å². The zero-order chi connectivity index (χ0) is 55.5. The summed E-state index contributed by atoms with van der Waals surface area (Å²) in [5.74, 6) is -4.62. The third kappa shape index (κ3) is 11.6. The van der Waals surface area contributed by atoms with E-state index in [1.54, 1.807) is 43.3 Å². The second-order valence-corrected chi connectivity index (χ2v) is 21.4. The van der Waals surface area contributed by atoms with E-state index in [1.165, 1.54) is 60.5 Å². The van der Waals surface area contributed by atoms with Gasteiger partial charge < -0.3 is 30.3 Å². The molecule has 0 radical (unpaired) electrons. The number of nitrogens with zero attached hydrogens (tertiary/aromatic N) is 4. The number of methoxy groups -OCH3 is 1. The Morgan fingerprint density at radius 3 is 2.39 bits per heavy atom. The number of hydrogen-bond donors (Lipinski definition) is 4. The van der Waals surface area contributed by atoms with Gasteiger partial charge in [-0.2, -0.15) is 15.5 Å². The standard InChI is InChI=1S/C58H59ClF2N8O8/c1-31-16-18-40(42(60)23-31)58(30-62)47(27-57(4,5)6)65-51(49(58)38-13-8-14-41(59)50(38)61)55(74)64-44-19-17-34(26-46(44)76-7)53(72)63-22-10-11-36(70)29-77-52-32(2)24-35(25-33(52)3)67-68-43-15-9-12-37-39(43)28-69(56(37)75)45-20-21-48(71)66-54(45)73/h8-9,12-19,23-26,45,47,49,51,65H,10-11,20-22,27-29H2,1-7H3,(H,63,72)(H,64,74)(H,66,71,73)/t45?,47-,49-,51+,58-/m0/s1. The highest BCUT2D eigenvalue weighted by molar-refractivity contribution is 6.30. The summed E-state index contributed by atoms with van der Waals surface area (Å²) in [5.41, 5.74) is 2.23. The van der Waals surface area contributed by atoms with E-state index < -0.39 is 64.2 Å². The Morgan fingerprint density at radius 1 is 0.961 bits per heavy atom. The molecule has 3 aliphatic rings. The lowest BCUT2D eigenvalue weighted by atomic mass is 9.62. The van der Waals surface area contributed by atoms with Gasteiger partial charge in [0.25, 0.3) is 11.8 Å². The summed E-state index contributed by atoms with van der Waals surface area (Å²) in [5, 5.41) is 31.2. The number of carbonyl (C=O) groups excluding carboxylic acids is 6. The first kappa shape index (κ1) is 55.4. The quantitative estimate of drug-likeness (QED) is 0.0392. The largest absolute Gasteiger partial charge is 0.495 e. The lowest BCUT2D eigenvalue weighted by molar-refractivity contribution is -0.137. The molecule has 1 unspecified atom stereocenters. The highest BCUT2D eigenvalue weighted by Crippen LogP contribution is 2.53. The summed E-state index contributed by atoms with van der Waals surface area (Å²) in [6.07, 6.45) is 1.12. The molecule has 0 bridgehead atoms. The van der Waals surface area contributed by atoms with E-state index in [1.807, 2.05) is 34.6 Å². The van der Waals surface area contributed by atoms with Gasteiger partial charge in [0.2, 0.25) is 17.7 Å². The Kier molecular flexibility index (Phi) is 16.4. The first-order valence-electron chi connectivity index (χ1n) is 25.2. The molecule has 3 aliphatic heterocycles. The lowest BCUT2D eigenvalue weighted by Crippen LogP contribution is -2.52. The molecule has 400 valence electrons. The molecule has 0 spiro atoms. The van der Waals surface area contributed by atoms with Gasteiger partial charge in [0.1, 0.15) is 41.2 Å². The fraction of sp³-hybridized carbons (Fsp3) is 0.362. The highest BCUT2D eigenvalue weighted by atomic mass is 35.5. The maximum Gasteiger partial charge on any atom is 0.255 e. The third-order valence-corrected chi connectivity index (χ3v) is 14.5. The normalized spacial score (nSPS) is 20.2. The van der Waals surface area contributed by atoms with Crippen LogP contribution in [0.5, 0.6) is 11.5 Å². The lowest BCUT2D eigenvalue weighted by Gasteiger charge is -2.37. The number of Topliss-reactive ketones (excluding diaryl/α,β-unsaturated/α-hetero) is 1. The molecule has 4 N–H and O–H groups in total. The fourth-order valence-electron chi connectivity index (χ4n) is 10.6. The van der Waals surface area contributed by atoms with Crippen molar-refractivity contribution in [3.05, 3.63) is 146 Å². The second-order valence-electron chi connectivity index (χ2n) is 20.9. The number of anilines is 1. The van der Waals surface area contributed by atoms with E-state index in [4.69, 9.17) is 21.1 Å². The van der Waals surface area contributed by atoms with Crippen LogP contribution < -0.4 is 30.7 Å². The minimum absolute atomic E-state index is 0.0191. The van der Waals surface area contributed by atoms with Crippen LogP contribution in [0.1, 0.15) is 113 Å². The molecule has 5 aromatic carbocycles. The van der Waals surface area contributed by atoms with Crippen LogP contribution in [0.15, 0.2) is 95.2 Å². The number of imide groups is 1. The van der Waals surface area contributed by atoms with E-state index in [0.717, 1.165) is 0 Å². The number of rotatable bonds is 17. The average Bonchev–Trinajstić information content (AvgIpc) is 4.13. The predicted molar refractivity (Wildman–Crippen MR) is 284 cm³/mol. The number of piperidine rings is 1. The molecule has 8 rings (SSSR count). The summed E-state index contributed by atoms with van der Waals surface area (Å²) in [6.45, 7) is 11.3. The maximum atomic E-state index is 16.2. The number of nitrogens with one attached hydrogen (secondary N) is 4. The number of amides is 5. The van der Waals surface area contributed by atoms with Crippen molar-refractivity contribution in [1.29, 1.82) is 5.26 Å². The summed E-state index contributed by atoms with van der Waals surface area (Å²) in [7, 11) is 1.37. The van der Waals surface area contributed by atoms with Crippen molar-refractivity contribution in [3.63, 3.8) is 0 Å². The number of carbonyl (C=O) groups is 6. The number of aryl methyl sites for hydroxylation is 3. The van der Waals surface area contributed by atoms with Crippen LogP contribution in [0, 0.1) is 49.2 Å². The Balaban J connectivity index is 0.873. The van der Waals surface area contributed by atoms with Crippen LogP contribution in [0.25, 0.3) is 0 Å². The van der Waals surface area contributed by atoms with Gasteiger partial charge in [-0.25, -0.2) is 8.78 Å². The van der Waals surface area contributed by atoms with Crippen molar-refractivity contribution in [2.75, 3.05) is 25.6 Å². The summed E-state index contributed by atoms with van der Waals surface area (Å²) in [4.78, 5) is 79.9. The molecule has 0 aliphatic carbocycles. The molecule has 77 heavy (non-hydrogen) atoms. The Hall–Kier alpha value is -7.88. The predicted octanol–water partition coefficient (Wildman–Crippen LogP) is 9.85. The van der Waals surface area contributed by atoms with Crippen LogP contribution in [0.3, 0.4) is 0 Å². The number of ether oxygens (including phenoxy) is 2. The van der Waals surface area contributed by atoms with Crippen LogP contribution in [-0.4, -0.2) is 78.6 Å². The summed E-state index contributed by atoms with van der Waals surface area (Å²) in [6, 6.07) is 21.4. The molecule has 2 saturated heterocycles. The first-order valence-corrected chi connectivity index (χ1v) is 25.6. The molecular weight excluding hydrogens is 1010 g/mol. The van der Waals surface area contributed by atoms with Gasteiger partial charge in [0, 0.05) is 60.1 Å².